The van der Waals surface area contributed by atoms with E-state index in [2.05, 4.69) is 10.2 Å². The molecule has 0 radical (unpaired) electrons. The molecule has 1 aliphatic heterocycles. The minimum absolute atomic E-state index is 0.0200. The van der Waals surface area contributed by atoms with Gasteiger partial charge in [-0.05, 0) is 69.6 Å². The molecule has 1 fully saturated rings. The molecule has 2 aromatic rings. The third kappa shape index (κ3) is 5.87. The molecule has 1 amide bonds. The van der Waals surface area contributed by atoms with Gasteiger partial charge in [-0.2, -0.15) is 0 Å². The van der Waals surface area contributed by atoms with Crippen molar-refractivity contribution in [3.63, 3.8) is 0 Å². The van der Waals surface area contributed by atoms with Crippen molar-refractivity contribution in [2.24, 2.45) is 5.92 Å². The lowest BCUT2D eigenvalue weighted by Crippen LogP contribution is -2.37. The van der Waals surface area contributed by atoms with Crippen LogP contribution in [0.15, 0.2) is 42.5 Å². The highest BCUT2D eigenvalue weighted by Gasteiger charge is 2.25. The highest BCUT2D eigenvalue weighted by Crippen LogP contribution is 2.26. The van der Waals surface area contributed by atoms with E-state index in [1.54, 1.807) is 6.07 Å². The molecule has 28 heavy (non-hydrogen) atoms. The number of halogens is 2. The summed E-state index contributed by atoms with van der Waals surface area (Å²) in [7, 11) is 0. The number of hydrogen-bond donors (Lipinski definition) is 1. The lowest BCUT2D eigenvalue weighted by atomic mass is 9.95. The Kier molecular flexibility index (Phi) is 7.22. The average Bonchev–Trinajstić information content (AvgIpc) is 2.64. The molecule has 0 aromatic heterocycles. The summed E-state index contributed by atoms with van der Waals surface area (Å²) in [6, 6.07) is 13.2. The molecule has 150 valence electrons. The molecular formula is C22H26Cl2N2O2. The smallest absolute Gasteiger partial charge is 0.227 e. The molecule has 6 heteroatoms. The molecule has 0 unspecified atom stereocenters. The van der Waals surface area contributed by atoms with Gasteiger partial charge in [0, 0.05) is 34.3 Å². The summed E-state index contributed by atoms with van der Waals surface area (Å²) < 4.78 is 5.69. The van der Waals surface area contributed by atoms with Crippen LogP contribution in [0.1, 0.15) is 32.3 Å². The summed E-state index contributed by atoms with van der Waals surface area (Å²) in [5.74, 6) is 0.861. The van der Waals surface area contributed by atoms with Crippen molar-refractivity contribution in [3.8, 4) is 5.75 Å². The maximum absolute atomic E-state index is 12.7. The number of hydrogen-bond acceptors (Lipinski definition) is 3. The summed E-state index contributed by atoms with van der Waals surface area (Å²) in [6.45, 7) is 6.48. The zero-order valence-electron chi connectivity index (χ0n) is 16.3. The van der Waals surface area contributed by atoms with Crippen molar-refractivity contribution < 1.29 is 9.53 Å². The quantitative estimate of drug-likeness (QED) is 0.657. The predicted molar refractivity (Wildman–Crippen MR) is 115 cm³/mol. The normalized spacial score (nSPS) is 15.6. The van der Waals surface area contributed by atoms with Crippen LogP contribution in [0.3, 0.4) is 0 Å². The summed E-state index contributed by atoms with van der Waals surface area (Å²) in [5.41, 5.74) is 1.84. The van der Waals surface area contributed by atoms with Crippen LogP contribution in [0.4, 0.5) is 5.69 Å². The van der Waals surface area contributed by atoms with Gasteiger partial charge in [0.25, 0.3) is 0 Å². The molecule has 0 atom stereocenters. The van der Waals surface area contributed by atoms with Crippen LogP contribution in [0, 0.1) is 5.92 Å². The molecule has 2 aromatic carbocycles. The third-order valence-electron chi connectivity index (χ3n) is 4.84. The second-order valence-corrected chi connectivity index (χ2v) is 8.31. The lowest BCUT2D eigenvalue weighted by molar-refractivity contribution is -0.121. The van der Waals surface area contributed by atoms with Crippen molar-refractivity contribution in [3.05, 3.63) is 58.1 Å². The van der Waals surface area contributed by atoms with Crippen LogP contribution in [-0.4, -0.2) is 30.0 Å². The summed E-state index contributed by atoms with van der Waals surface area (Å²) in [6.07, 6.45) is 1.77. The molecule has 1 N–H and O–H groups in total. The van der Waals surface area contributed by atoms with Gasteiger partial charge < -0.3 is 10.1 Å². The van der Waals surface area contributed by atoms with E-state index in [0.717, 1.165) is 49.5 Å². The number of nitrogens with one attached hydrogen (secondary N) is 1. The summed E-state index contributed by atoms with van der Waals surface area (Å²) in [4.78, 5) is 15.0. The number of anilines is 1. The van der Waals surface area contributed by atoms with Crippen LogP contribution in [0.25, 0.3) is 0 Å². The Balaban J connectivity index is 1.51. The van der Waals surface area contributed by atoms with Gasteiger partial charge in [0.05, 0.1) is 6.10 Å². The monoisotopic (exact) mass is 420 g/mol. The van der Waals surface area contributed by atoms with Crippen LogP contribution >= 0.6 is 23.2 Å². The Morgan fingerprint density at radius 3 is 2.61 bits per heavy atom. The molecular weight excluding hydrogens is 395 g/mol. The number of likely N-dealkylation sites (tertiary alicyclic amines) is 1. The first kappa shape index (κ1) is 21.0. The molecule has 4 nitrogen and oxygen atoms in total. The second kappa shape index (κ2) is 9.64. The number of nitrogens with zero attached hydrogens (tertiary/aromatic N) is 1. The molecule has 1 aliphatic rings. The standard InChI is InChI=1S/C22H26Cl2N2O2/c1-15(2)28-20-5-3-4-19(13-20)25-22(27)16-8-10-26(11-9-16)14-17-6-7-18(23)12-21(17)24/h3-7,12-13,15-16H,8-11,14H2,1-2H3,(H,25,27). The van der Waals surface area contributed by atoms with Gasteiger partial charge in [-0.15, -0.1) is 0 Å². The van der Waals surface area contributed by atoms with E-state index < -0.39 is 0 Å². The van der Waals surface area contributed by atoms with Crippen molar-refractivity contribution in [1.29, 1.82) is 0 Å². The van der Waals surface area contributed by atoms with Crippen LogP contribution < -0.4 is 10.1 Å². The van der Waals surface area contributed by atoms with Gasteiger partial charge in [-0.25, -0.2) is 0 Å². The first-order chi connectivity index (χ1) is 13.4. The predicted octanol–water partition coefficient (Wildman–Crippen LogP) is 5.63. The first-order valence-corrected chi connectivity index (χ1v) is 10.4. The van der Waals surface area contributed by atoms with Crippen molar-refractivity contribution in [2.45, 2.75) is 39.3 Å². The minimum atomic E-state index is 0.0200. The van der Waals surface area contributed by atoms with Crippen molar-refractivity contribution in [2.75, 3.05) is 18.4 Å². The summed E-state index contributed by atoms with van der Waals surface area (Å²) >= 11 is 12.2. The number of carbonyl (C=O) groups excluding carboxylic acids is 1. The van der Waals surface area contributed by atoms with E-state index >= 15 is 0 Å². The highest BCUT2D eigenvalue weighted by atomic mass is 35.5. The maximum atomic E-state index is 12.7. The minimum Gasteiger partial charge on any atom is -0.491 e. The maximum Gasteiger partial charge on any atom is 0.227 e. The largest absolute Gasteiger partial charge is 0.491 e. The number of amides is 1. The zero-order chi connectivity index (χ0) is 20.1. The van der Waals surface area contributed by atoms with Gasteiger partial charge in [-0.3, -0.25) is 9.69 Å². The number of piperidine rings is 1. The SMILES string of the molecule is CC(C)Oc1cccc(NC(=O)C2CCN(Cc3ccc(Cl)cc3Cl)CC2)c1. The third-order valence-corrected chi connectivity index (χ3v) is 5.43. The molecule has 1 saturated heterocycles. The van der Waals surface area contributed by atoms with Gasteiger partial charge in [0.1, 0.15) is 5.75 Å². The fraction of sp³-hybridized carbons (Fsp3) is 0.409. The zero-order valence-corrected chi connectivity index (χ0v) is 17.8. The van der Waals surface area contributed by atoms with Crippen LogP contribution in [0.5, 0.6) is 5.75 Å². The number of carbonyl (C=O) groups is 1. The lowest BCUT2D eigenvalue weighted by Gasteiger charge is -2.31. The first-order valence-electron chi connectivity index (χ1n) is 9.64. The average molecular weight is 421 g/mol. The van der Waals surface area contributed by atoms with Gasteiger partial charge in [-0.1, -0.05) is 35.3 Å². The van der Waals surface area contributed by atoms with E-state index in [1.807, 2.05) is 50.2 Å². The van der Waals surface area contributed by atoms with E-state index in [0.29, 0.717) is 10.0 Å². The molecule has 0 saturated carbocycles. The fourth-order valence-electron chi connectivity index (χ4n) is 3.41. The van der Waals surface area contributed by atoms with E-state index in [-0.39, 0.29) is 17.9 Å². The number of ether oxygens (including phenoxy) is 1. The van der Waals surface area contributed by atoms with Gasteiger partial charge in [0.15, 0.2) is 0 Å². The molecule has 0 bridgehead atoms. The Labute approximate surface area is 176 Å². The van der Waals surface area contributed by atoms with Crippen molar-refractivity contribution in [1.82, 2.24) is 4.90 Å². The Hall–Kier alpha value is -1.75. The summed E-state index contributed by atoms with van der Waals surface area (Å²) in [5, 5.41) is 4.37. The van der Waals surface area contributed by atoms with E-state index in [9.17, 15) is 4.79 Å². The molecule has 3 rings (SSSR count). The van der Waals surface area contributed by atoms with Crippen LogP contribution in [-0.2, 0) is 11.3 Å². The van der Waals surface area contributed by atoms with E-state index in [1.165, 1.54) is 0 Å². The molecule has 1 heterocycles. The Bertz CT molecular complexity index is 818. The van der Waals surface area contributed by atoms with Gasteiger partial charge in [0.2, 0.25) is 5.91 Å². The van der Waals surface area contributed by atoms with E-state index in [4.69, 9.17) is 27.9 Å². The van der Waals surface area contributed by atoms with Crippen molar-refractivity contribution >= 4 is 34.8 Å². The van der Waals surface area contributed by atoms with Gasteiger partial charge >= 0.3 is 0 Å². The highest BCUT2D eigenvalue weighted by molar-refractivity contribution is 6.35. The number of rotatable bonds is 6. The Morgan fingerprint density at radius 1 is 1.18 bits per heavy atom. The molecule has 0 aliphatic carbocycles. The van der Waals surface area contributed by atoms with Crippen LogP contribution in [0.2, 0.25) is 10.0 Å². The second-order valence-electron chi connectivity index (χ2n) is 7.47. The fourth-order valence-corrected chi connectivity index (χ4v) is 3.88. The molecule has 0 spiro atoms. The Morgan fingerprint density at radius 2 is 1.93 bits per heavy atom. The number of benzene rings is 2. The topological polar surface area (TPSA) is 41.6 Å².